The van der Waals surface area contributed by atoms with Crippen LogP contribution in [0, 0.1) is 0 Å². The summed E-state index contributed by atoms with van der Waals surface area (Å²) < 4.78 is 0. The SMILES string of the molecule is CN(CCc1ccncc1)c1ncnc2scc(-c3ccc(-c4ccccc4)cc3)c12. The first-order chi connectivity index (χ1) is 15.3. The summed E-state index contributed by atoms with van der Waals surface area (Å²) in [4.78, 5) is 16.5. The van der Waals surface area contributed by atoms with Crippen LogP contribution in [0.1, 0.15) is 5.56 Å². The first kappa shape index (κ1) is 19.4. The average molecular weight is 423 g/mol. The summed E-state index contributed by atoms with van der Waals surface area (Å²) in [7, 11) is 2.10. The van der Waals surface area contributed by atoms with Crippen molar-refractivity contribution >= 4 is 27.4 Å². The van der Waals surface area contributed by atoms with Gasteiger partial charge in [0.15, 0.2) is 0 Å². The second kappa shape index (κ2) is 8.66. The fourth-order valence-corrected chi connectivity index (χ4v) is 4.70. The van der Waals surface area contributed by atoms with Crippen LogP contribution in [0.3, 0.4) is 0 Å². The fraction of sp³-hybridized carbons (Fsp3) is 0.115. The normalized spacial score (nSPS) is 11.0. The van der Waals surface area contributed by atoms with Gasteiger partial charge in [0.2, 0.25) is 0 Å². The van der Waals surface area contributed by atoms with E-state index in [0.717, 1.165) is 29.0 Å². The van der Waals surface area contributed by atoms with Gasteiger partial charge in [-0.1, -0.05) is 54.6 Å². The Bertz CT molecular complexity index is 1280. The molecule has 5 heteroatoms. The molecule has 0 amide bonds. The molecule has 0 aliphatic heterocycles. The number of fused-ring (bicyclic) bond motifs is 1. The zero-order valence-corrected chi connectivity index (χ0v) is 18.1. The highest BCUT2D eigenvalue weighted by atomic mass is 32.1. The zero-order valence-electron chi connectivity index (χ0n) is 17.3. The number of nitrogens with zero attached hydrogens (tertiary/aromatic N) is 4. The van der Waals surface area contributed by atoms with Crippen molar-refractivity contribution in [3.63, 3.8) is 0 Å². The molecule has 5 rings (SSSR count). The smallest absolute Gasteiger partial charge is 0.141 e. The standard InChI is InChI=1S/C26H22N4S/c1-30(16-13-19-11-14-27-15-12-19)25-24-23(17-31-26(24)29-18-28-25)22-9-7-21(8-10-22)20-5-3-2-4-6-20/h2-12,14-15,17-18H,13,16H2,1H3. The van der Waals surface area contributed by atoms with Gasteiger partial charge in [-0.2, -0.15) is 0 Å². The first-order valence-electron chi connectivity index (χ1n) is 10.3. The van der Waals surface area contributed by atoms with Crippen LogP contribution in [0.2, 0.25) is 0 Å². The monoisotopic (exact) mass is 422 g/mol. The van der Waals surface area contributed by atoms with Crippen molar-refractivity contribution in [2.24, 2.45) is 0 Å². The van der Waals surface area contributed by atoms with Gasteiger partial charge in [0.25, 0.3) is 0 Å². The van der Waals surface area contributed by atoms with E-state index in [1.807, 2.05) is 18.5 Å². The molecule has 0 N–H and O–H groups in total. The van der Waals surface area contributed by atoms with Crippen LogP contribution >= 0.6 is 11.3 Å². The predicted octanol–water partition coefficient (Wildman–Crippen LogP) is 6.10. The van der Waals surface area contributed by atoms with Gasteiger partial charge in [-0.25, -0.2) is 9.97 Å². The Labute approximate surface area is 185 Å². The van der Waals surface area contributed by atoms with Crippen LogP contribution in [0.25, 0.3) is 32.5 Å². The van der Waals surface area contributed by atoms with Gasteiger partial charge >= 0.3 is 0 Å². The second-order valence-corrected chi connectivity index (χ2v) is 8.36. The zero-order chi connectivity index (χ0) is 21.0. The lowest BCUT2D eigenvalue weighted by Gasteiger charge is -2.19. The third-order valence-electron chi connectivity index (χ3n) is 5.50. The molecule has 0 spiro atoms. The molecule has 152 valence electrons. The highest BCUT2D eigenvalue weighted by Crippen LogP contribution is 2.38. The summed E-state index contributed by atoms with van der Waals surface area (Å²) in [5.74, 6) is 0.974. The van der Waals surface area contributed by atoms with E-state index in [9.17, 15) is 0 Å². The molecule has 0 atom stereocenters. The molecule has 0 unspecified atom stereocenters. The predicted molar refractivity (Wildman–Crippen MR) is 129 cm³/mol. The molecule has 5 aromatic rings. The van der Waals surface area contributed by atoms with Crippen molar-refractivity contribution in [2.45, 2.75) is 6.42 Å². The molecule has 0 radical (unpaired) electrons. The molecule has 3 aromatic heterocycles. The molecule has 0 saturated heterocycles. The number of benzene rings is 2. The topological polar surface area (TPSA) is 41.9 Å². The van der Waals surface area contributed by atoms with Crippen LogP contribution in [0.4, 0.5) is 5.82 Å². The van der Waals surface area contributed by atoms with Crippen molar-refractivity contribution in [3.05, 3.63) is 96.4 Å². The minimum Gasteiger partial charge on any atom is -0.359 e. The van der Waals surface area contributed by atoms with E-state index >= 15 is 0 Å². The van der Waals surface area contributed by atoms with Crippen molar-refractivity contribution < 1.29 is 0 Å². The molecule has 31 heavy (non-hydrogen) atoms. The van der Waals surface area contributed by atoms with Crippen LogP contribution in [0.15, 0.2) is 90.8 Å². The van der Waals surface area contributed by atoms with Crippen molar-refractivity contribution in [3.8, 4) is 22.3 Å². The number of thiophene rings is 1. The Morgan fingerprint density at radius 1 is 0.806 bits per heavy atom. The van der Waals surface area contributed by atoms with Crippen molar-refractivity contribution in [1.29, 1.82) is 0 Å². The summed E-state index contributed by atoms with van der Waals surface area (Å²) in [5.41, 5.74) is 6.09. The van der Waals surface area contributed by atoms with E-state index in [-0.39, 0.29) is 0 Å². The molecule has 0 aliphatic rings. The van der Waals surface area contributed by atoms with Crippen molar-refractivity contribution in [1.82, 2.24) is 15.0 Å². The molecule has 4 nitrogen and oxygen atoms in total. The third kappa shape index (κ3) is 4.05. The number of hydrogen-bond donors (Lipinski definition) is 0. The number of rotatable bonds is 6. The fourth-order valence-electron chi connectivity index (χ4n) is 3.79. The minimum absolute atomic E-state index is 0.873. The Hall–Kier alpha value is -3.57. The number of aromatic nitrogens is 3. The summed E-state index contributed by atoms with van der Waals surface area (Å²) in [5, 5.41) is 3.31. The van der Waals surface area contributed by atoms with E-state index < -0.39 is 0 Å². The van der Waals surface area contributed by atoms with Gasteiger partial charge < -0.3 is 4.90 Å². The highest BCUT2D eigenvalue weighted by molar-refractivity contribution is 7.17. The lowest BCUT2D eigenvalue weighted by molar-refractivity contribution is 0.861. The molecule has 0 fully saturated rings. The van der Waals surface area contributed by atoms with E-state index in [1.165, 1.54) is 27.8 Å². The first-order valence-corrected chi connectivity index (χ1v) is 11.2. The highest BCUT2D eigenvalue weighted by Gasteiger charge is 2.16. The quantitative estimate of drug-likeness (QED) is 0.332. The molecule has 0 saturated carbocycles. The van der Waals surface area contributed by atoms with Crippen LogP contribution in [-0.4, -0.2) is 28.5 Å². The maximum atomic E-state index is 4.65. The number of pyridine rings is 1. The second-order valence-electron chi connectivity index (χ2n) is 7.50. The lowest BCUT2D eigenvalue weighted by atomic mass is 10.0. The van der Waals surface area contributed by atoms with Gasteiger partial charge in [-0.05, 0) is 40.8 Å². The van der Waals surface area contributed by atoms with E-state index in [0.29, 0.717) is 0 Å². The van der Waals surface area contributed by atoms with Gasteiger partial charge in [0, 0.05) is 36.9 Å². The summed E-state index contributed by atoms with van der Waals surface area (Å²) in [6.45, 7) is 0.873. The van der Waals surface area contributed by atoms with E-state index in [1.54, 1.807) is 17.7 Å². The number of hydrogen-bond acceptors (Lipinski definition) is 5. The third-order valence-corrected chi connectivity index (χ3v) is 6.39. The van der Waals surface area contributed by atoms with Gasteiger partial charge in [0.1, 0.15) is 17.0 Å². The van der Waals surface area contributed by atoms with Crippen LogP contribution in [-0.2, 0) is 6.42 Å². The summed E-state index contributed by atoms with van der Waals surface area (Å²) >= 11 is 1.67. The summed E-state index contributed by atoms with van der Waals surface area (Å²) in [6.07, 6.45) is 6.29. The van der Waals surface area contributed by atoms with Crippen LogP contribution in [0.5, 0.6) is 0 Å². The Balaban J connectivity index is 1.46. The van der Waals surface area contributed by atoms with E-state index in [4.69, 9.17) is 0 Å². The van der Waals surface area contributed by atoms with Gasteiger partial charge in [-0.15, -0.1) is 11.3 Å². The molecular weight excluding hydrogens is 400 g/mol. The lowest BCUT2D eigenvalue weighted by Crippen LogP contribution is -2.21. The van der Waals surface area contributed by atoms with Gasteiger partial charge in [0.05, 0.1) is 5.39 Å². The molecule has 3 heterocycles. The Kier molecular flexibility index (Phi) is 5.42. The average Bonchev–Trinajstić information content (AvgIpc) is 3.28. The minimum atomic E-state index is 0.873. The molecule has 0 bridgehead atoms. The van der Waals surface area contributed by atoms with E-state index in [2.05, 4.69) is 92.9 Å². The summed E-state index contributed by atoms with van der Waals surface area (Å²) in [6, 6.07) is 23.3. The maximum Gasteiger partial charge on any atom is 0.141 e. The Morgan fingerprint density at radius 2 is 1.52 bits per heavy atom. The van der Waals surface area contributed by atoms with Crippen molar-refractivity contribution in [2.75, 3.05) is 18.5 Å². The van der Waals surface area contributed by atoms with Gasteiger partial charge in [-0.3, -0.25) is 4.98 Å². The molecule has 2 aromatic carbocycles. The van der Waals surface area contributed by atoms with Crippen LogP contribution < -0.4 is 4.90 Å². The number of anilines is 1. The Morgan fingerprint density at radius 3 is 2.29 bits per heavy atom. The molecular formula is C26H22N4S. The molecule has 0 aliphatic carbocycles. The largest absolute Gasteiger partial charge is 0.359 e. The number of likely N-dealkylation sites (N-methyl/N-ethyl adjacent to an activating group) is 1. The maximum absolute atomic E-state index is 4.65.